The lowest BCUT2D eigenvalue weighted by molar-refractivity contribution is -0.119. The fraction of sp³-hybridized carbons (Fsp3) is 0.238. The number of fused-ring (bicyclic) bond motifs is 1. The molecule has 0 aliphatic carbocycles. The van der Waals surface area contributed by atoms with Gasteiger partial charge in [-0.15, -0.1) is 0 Å². The first kappa shape index (κ1) is 15.0. The van der Waals surface area contributed by atoms with E-state index in [1.165, 1.54) is 12.1 Å². The molecule has 1 aromatic heterocycles. The number of nitrogens with one attached hydrogen (secondary N) is 1. The molecule has 0 aliphatic rings. The van der Waals surface area contributed by atoms with E-state index in [0.717, 1.165) is 16.0 Å². The molecule has 0 fully saturated rings. The molecule has 0 atom stereocenters. The van der Waals surface area contributed by atoms with Gasteiger partial charge in [0.05, 0.1) is 13.2 Å². The van der Waals surface area contributed by atoms with Crippen molar-refractivity contribution >= 4 is 22.6 Å². The Balaban J connectivity index is 2.08. The van der Waals surface area contributed by atoms with Crippen molar-refractivity contribution in [1.29, 1.82) is 0 Å². The number of hydrogen-bond donors (Lipinski definition) is 2. The van der Waals surface area contributed by atoms with Crippen LogP contribution in [0.2, 0.25) is 0 Å². The second kappa shape index (κ2) is 8.05. The van der Waals surface area contributed by atoms with Crippen molar-refractivity contribution in [2.75, 3.05) is 31.6 Å². The normalized spacial score (nSPS) is 12.9. The van der Waals surface area contributed by atoms with Crippen molar-refractivity contribution in [1.82, 2.24) is 5.32 Å². The Hall–Kier alpha value is -3.12. The van der Waals surface area contributed by atoms with Gasteiger partial charge in [-0.3, -0.25) is 4.79 Å². The Bertz CT molecular complexity index is 1130. The summed E-state index contributed by atoms with van der Waals surface area (Å²) < 4.78 is 28.7. The molecule has 1 amide bonds. The molecule has 0 saturated carbocycles. The Kier molecular flexibility index (Phi) is 4.47. The van der Waals surface area contributed by atoms with E-state index in [1.807, 2.05) is 31.2 Å². The van der Waals surface area contributed by atoms with Crippen molar-refractivity contribution in [2.24, 2.45) is 0 Å². The van der Waals surface area contributed by atoms with E-state index >= 15 is 0 Å². The van der Waals surface area contributed by atoms with Crippen LogP contribution >= 0.6 is 0 Å². The molecule has 6 heteroatoms. The van der Waals surface area contributed by atoms with Gasteiger partial charge in [0.15, 0.2) is 0 Å². The molecule has 0 bridgehead atoms. The van der Waals surface area contributed by atoms with Crippen LogP contribution in [-0.2, 0) is 4.79 Å². The Morgan fingerprint density at radius 1 is 1.22 bits per heavy atom. The standard InChI is InChI=1S/C21H22N2O4/c1-14-5-3-4-6-16(14)18-12-21(26)27-19-11-15(7-8-17(18)19)23(2)13-20(25)22-9-10-24/h3-8,11-12,24H,9-10,13H2,1-2H3,(H,22,25)/i2D3. The summed E-state index contributed by atoms with van der Waals surface area (Å²) >= 11 is 0. The highest BCUT2D eigenvalue weighted by molar-refractivity contribution is 5.95. The molecule has 0 unspecified atom stereocenters. The maximum atomic E-state index is 12.2. The largest absolute Gasteiger partial charge is 0.423 e. The molecule has 140 valence electrons. The number of hydrogen-bond acceptors (Lipinski definition) is 5. The molecule has 0 saturated heterocycles. The molecule has 1 heterocycles. The fourth-order valence-electron chi connectivity index (χ4n) is 2.90. The molecular formula is C21H22N2O4. The van der Waals surface area contributed by atoms with Gasteiger partial charge < -0.3 is 19.7 Å². The van der Waals surface area contributed by atoms with Crippen LogP contribution in [0, 0.1) is 6.92 Å². The molecule has 0 aliphatic heterocycles. The summed E-state index contributed by atoms with van der Waals surface area (Å²) in [5, 5.41) is 11.9. The molecular weight excluding hydrogens is 344 g/mol. The predicted octanol–water partition coefficient (Wildman–Crippen LogP) is 2.31. The summed E-state index contributed by atoms with van der Waals surface area (Å²) in [5.41, 5.74) is 2.43. The van der Waals surface area contributed by atoms with Gasteiger partial charge in [-0.05, 0) is 30.2 Å². The number of aryl methyl sites for hydroxylation is 1. The number of carbonyl (C=O) groups is 1. The Morgan fingerprint density at radius 2 is 2.04 bits per heavy atom. The van der Waals surface area contributed by atoms with Crippen LogP contribution in [0.15, 0.2) is 57.7 Å². The summed E-state index contributed by atoms with van der Waals surface area (Å²) in [7, 11) is 0. The second-order valence-electron chi connectivity index (χ2n) is 6.13. The number of aliphatic hydroxyl groups excluding tert-OH is 1. The third-order valence-corrected chi connectivity index (χ3v) is 4.21. The topological polar surface area (TPSA) is 82.8 Å². The summed E-state index contributed by atoms with van der Waals surface area (Å²) in [5.74, 6) is -0.546. The fourth-order valence-corrected chi connectivity index (χ4v) is 2.90. The summed E-state index contributed by atoms with van der Waals surface area (Å²) in [6.07, 6.45) is 0. The zero-order valence-electron chi connectivity index (χ0n) is 17.9. The van der Waals surface area contributed by atoms with Gasteiger partial charge in [0, 0.05) is 46.4 Å². The quantitative estimate of drug-likeness (QED) is 0.652. The molecule has 6 nitrogen and oxygen atoms in total. The summed E-state index contributed by atoms with van der Waals surface area (Å²) in [4.78, 5) is 25.2. The summed E-state index contributed by atoms with van der Waals surface area (Å²) in [6.45, 7) is -1.32. The van der Waals surface area contributed by atoms with Gasteiger partial charge in [-0.2, -0.15) is 0 Å². The van der Waals surface area contributed by atoms with Crippen molar-refractivity contribution in [3.8, 4) is 11.1 Å². The number of anilines is 1. The van der Waals surface area contributed by atoms with Crippen LogP contribution in [0.25, 0.3) is 22.1 Å². The first-order valence-corrected chi connectivity index (χ1v) is 8.50. The second-order valence-corrected chi connectivity index (χ2v) is 6.13. The van der Waals surface area contributed by atoms with Crippen LogP contribution in [0.3, 0.4) is 0 Å². The average molecular weight is 369 g/mol. The number of nitrogens with zero attached hydrogens (tertiary/aromatic N) is 1. The lowest BCUT2D eigenvalue weighted by Crippen LogP contribution is -2.36. The van der Waals surface area contributed by atoms with Crippen LogP contribution in [0.5, 0.6) is 0 Å². The third-order valence-electron chi connectivity index (χ3n) is 4.21. The van der Waals surface area contributed by atoms with E-state index in [4.69, 9.17) is 13.6 Å². The highest BCUT2D eigenvalue weighted by Gasteiger charge is 2.13. The van der Waals surface area contributed by atoms with Crippen LogP contribution in [0.4, 0.5) is 5.69 Å². The molecule has 2 N–H and O–H groups in total. The Morgan fingerprint density at radius 3 is 2.78 bits per heavy atom. The molecule has 3 rings (SSSR count). The SMILES string of the molecule is [2H]C([2H])([2H])N(CC(=O)NCCO)c1ccc2c(-c3ccccc3C)cc(=O)oc2c1. The highest BCUT2D eigenvalue weighted by Crippen LogP contribution is 2.31. The van der Waals surface area contributed by atoms with E-state index in [-0.39, 0.29) is 24.4 Å². The lowest BCUT2D eigenvalue weighted by atomic mass is 9.98. The zero-order valence-corrected chi connectivity index (χ0v) is 14.9. The van der Waals surface area contributed by atoms with E-state index in [0.29, 0.717) is 10.9 Å². The van der Waals surface area contributed by atoms with E-state index < -0.39 is 25.1 Å². The lowest BCUT2D eigenvalue weighted by Gasteiger charge is -2.19. The van der Waals surface area contributed by atoms with Gasteiger partial charge in [-0.1, -0.05) is 24.3 Å². The first-order valence-electron chi connectivity index (χ1n) is 10.00. The summed E-state index contributed by atoms with van der Waals surface area (Å²) in [6, 6.07) is 13.7. The van der Waals surface area contributed by atoms with Crippen molar-refractivity contribution < 1.29 is 18.4 Å². The number of carbonyl (C=O) groups excluding carboxylic acids is 1. The van der Waals surface area contributed by atoms with E-state index in [2.05, 4.69) is 5.32 Å². The van der Waals surface area contributed by atoms with Gasteiger partial charge in [0.2, 0.25) is 5.91 Å². The average Bonchev–Trinajstić information content (AvgIpc) is 2.69. The van der Waals surface area contributed by atoms with Crippen molar-refractivity contribution in [2.45, 2.75) is 6.92 Å². The third kappa shape index (κ3) is 4.17. The molecule has 27 heavy (non-hydrogen) atoms. The zero-order chi connectivity index (χ0) is 21.9. The van der Waals surface area contributed by atoms with Gasteiger partial charge in [0.1, 0.15) is 5.58 Å². The molecule has 3 aromatic rings. The number of aliphatic hydroxyl groups is 1. The van der Waals surface area contributed by atoms with Gasteiger partial charge >= 0.3 is 5.63 Å². The molecule has 2 aromatic carbocycles. The van der Waals surface area contributed by atoms with Crippen LogP contribution < -0.4 is 15.8 Å². The number of amides is 1. The number of likely N-dealkylation sites (N-methyl/N-ethyl adjacent to an activating group) is 1. The minimum atomic E-state index is -2.60. The van der Waals surface area contributed by atoms with Crippen molar-refractivity contribution in [3.63, 3.8) is 0 Å². The number of rotatable bonds is 6. The monoisotopic (exact) mass is 369 g/mol. The predicted molar refractivity (Wildman–Crippen MR) is 106 cm³/mol. The Labute approximate surface area is 161 Å². The maximum Gasteiger partial charge on any atom is 0.336 e. The smallest absolute Gasteiger partial charge is 0.336 e. The van der Waals surface area contributed by atoms with Crippen LogP contribution in [-0.4, -0.2) is 37.7 Å². The minimum absolute atomic E-state index is 0.0278. The number of benzene rings is 2. The van der Waals surface area contributed by atoms with Crippen LogP contribution in [0.1, 0.15) is 9.68 Å². The maximum absolute atomic E-state index is 12.2. The molecule has 0 radical (unpaired) electrons. The highest BCUT2D eigenvalue weighted by atomic mass is 16.4. The van der Waals surface area contributed by atoms with Gasteiger partial charge in [-0.25, -0.2) is 4.79 Å². The minimum Gasteiger partial charge on any atom is -0.423 e. The van der Waals surface area contributed by atoms with E-state index in [9.17, 15) is 9.59 Å². The van der Waals surface area contributed by atoms with E-state index in [1.54, 1.807) is 12.1 Å². The van der Waals surface area contributed by atoms with Gasteiger partial charge in [0.25, 0.3) is 0 Å². The molecule has 0 spiro atoms. The first-order chi connectivity index (χ1) is 14.2. The van der Waals surface area contributed by atoms with Crippen molar-refractivity contribution in [3.05, 3.63) is 64.5 Å².